The van der Waals surface area contributed by atoms with Crippen LogP contribution in [0.5, 0.6) is 0 Å². The van der Waals surface area contributed by atoms with E-state index in [1.54, 1.807) is 55.5 Å². The van der Waals surface area contributed by atoms with Gasteiger partial charge in [0.15, 0.2) is 0 Å². The summed E-state index contributed by atoms with van der Waals surface area (Å²) in [6, 6.07) is 13.4. The number of ether oxygens (including phenoxy) is 3. The second-order valence-corrected chi connectivity index (χ2v) is 5.67. The second-order valence-electron chi connectivity index (χ2n) is 5.67. The number of esters is 3. The molecule has 1 N–H and O–H groups in total. The number of hydrogen-bond acceptors (Lipinski definition) is 7. The molecule has 0 aliphatic heterocycles. The van der Waals surface area contributed by atoms with Gasteiger partial charge in [-0.3, -0.25) is 0 Å². The highest BCUT2D eigenvalue weighted by Gasteiger charge is 2.12. The van der Waals surface area contributed by atoms with E-state index >= 15 is 0 Å². The molecular weight excluding hydrogens is 362 g/mol. The van der Waals surface area contributed by atoms with E-state index in [9.17, 15) is 14.4 Å². The zero-order valence-corrected chi connectivity index (χ0v) is 15.7. The monoisotopic (exact) mass is 383 g/mol. The van der Waals surface area contributed by atoms with Crippen molar-refractivity contribution < 1.29 is 28.6 Å². The standard InChI is InChI=1S/C21H21NO6/c1-4-27-19(23)14(2)13-28-21(25)16-7-11-18(12-8-16)22-17-9-5-15(6-10-17)20(24)26-3/h5-12,22H,2,4,13H2,1,3H3. The Morgan fingerprint density at radius 2 is 1.36 bits per heavy atom. The van der Waals surface area contributed by atoms with Crippen LogP contribution in [0.4, 0.5) is 11.4 Å². The van der Waals surface area contributed by atoms with E-state index < -0.39 is 17.9 Å². The van der Waals surface area contributed by atoms with Gasteiger partial charge in [-0.15, -0.1) is 0 Å². The fraction of sp³-hybridized carbons (Fsp3) is 0.190. The second kappa shape index (κ2) is 9.91. The van der Waals surface area contributed by atoms with Gasteiger partial charge in [0.25, 0.3) is 0 Å². The molecule has 0 radical (unpaired) electrons. The van der Waals surface area contributed by atoms with Gasteiger partial charge in [-0.2, -0.15) is 0 Å². The third-order valence-electron chi connectivity index (χ3n) is 3.66. The molecule has 0 bridgehead atoms. The first kappa shape index (κ1) is 20.7. The molecule has 0 saturated heterocycles. The summed E-state index contributed by atoms with van der Waals surface area (Å²) in [5.74, 6) is -1.56. The summed E-state index contributed by atoms with van der Waals surface area (Å²) in [4.78, 5) is 34.9. The van der Waals surface area contributed by atoms with Crippen molar-refractivity contribution in [3.63, 3.8) is 0 Å². The van der Waals surface area contributed by atoms with E-state index in [1.165, 1.54) is 7.11 Å². The molecule has 0 spiro atoms. The molecule has 28 heavy (non-hydrogen) atoms. The minimum absolute atomic E-state index is 0.0730. The largest absolute Gasteiger partial charge is 0.465 e. The van der Waals surface area contributed by atoms with Crippen LogP contribution in [0.1, 0.15) is 27.6 Å². The lowest BCUT2D eigenvalue weighted by atomic mass is 10.2. The molecule has 0 aliphatic rings. The van der Waals surface area contributed by atoms with E-state index in [2.05, 4.69) is 16.6 Å². The normalized spacial score (nSPS) is 9.93. The minimum Gasteiger partial charge on any atom is -0.465 e. The molecule has 7 heteroatoms. The molecule has 2 rings (SSSR count). The van der Waals surface area contributed by atoms with Gasteiger partial charge in [0.05, 0.1) is 30.4 Å². The van der Waals surface area contributed by atoms with Crippen LogP contribution in [0.25, 0.3) is 0 Å². The molecule has 0 fully saturated rings. The minimum atomic E-state index is -0.590. The number of nitrogens with one attached hydrogen (secondary N) is 1. The predicted molar refractivity (Wildman–Crippen MR) is 104 cm³/mol. The highest BCUT2D eigenvalue weighted by atomic mass is 16.5. The Morgan fingerprint density at radius 3 is 1.82 bits per heavy atom. The van der Waals surface area contributed by atoms with Crippen LogP contribution >= 0.6 is 0 Å². The Labute approximate surface area is 162 Å². The van der Waals surface area contributed by atoms with Crippen LogP contribution in [-0.4, -0.2) is 38.2 Å². The molecule has 0 saturated carbocycles. The van der Waals surface area contributed by atoms with Gasteiger partial charge in [-0.05, 0) is 55.5 Å². The molecule has 146 valence electrons. The Morgan fingerprint density at radius 1 is 0.857 bits per heavy atom. The van der Waals surface area contributed by atoms with E-state index in [4.69, 9.17) is 9.47 Å². The first-order valence-corrected chi connectivity index (χ1v) is 8.52. The van der Waals surface area contributed by atoms with Gasteiger partial charge in [-0.25, -0.2) is 14.4 Å². The number of anilines is 2. The van der Waals surface area contributed by atoms with Gasteiger partial charge in [0.1, 0.15) is 6.61 Å². The van der Waals surface area contributed by atoms with Gasteiger partial charge in [0.2, 0.25) is 0 Å². The van der Waals surface area contributed by atoms with Crippen molar-refractivity contribution in [1.82, 2.24) is 0 Å². The lowest BCUT2D eigenvalue weighted by molar-refractivity contribution is -0.138. The van der Waals surface area contributed by atoms with E-state index in [-0.39, 0.29) is 18.8 Å². The van der Waals surface area contributed by atoms with Crippen molar-refractivity contribution in [3.8, 4) is 0 Å². The highest BCUT2D eigenvalue weighted by Crippen LogP contribution is 2.18. The molecule has 0 aliphatic carbocycles. The maximum Gasteiger partial charge on any atom is 0.338 e. The maximum atomic E-state index is 12.0. The highest BCUT2D eigenvalue weighted by molar-refractivity contribution is 5.92. The average Bonchev–Trinajstić information content (AvgIpc) is 2.72. The molecule has 0 unspecified atom stereocenters. The number of benzene rings is 2. The number of carbonyl (C=O) groups is 3. The van der Waals surface area contributed by atoms with Crippen LogP contribution in [0.2, 0.25) is 0 Å². The Bertz CT molecular complexity index is 855. The molecule has 0 heterocycles. The molecule has 0 atom stereocenters. The van der Waals surface area contributed by atoms with Crippen molar-refractivity contribution in [3.05, 3.63) is 71.8 Å². The zero-order valence-electron chi connectivity index (χ0n) is 15.7. The smallest absolute Gasteiger partial charge is 0.338 e. The molecule has 7 nitrogen and oxygen atoms in total. The Kier molecular flexibility index (Phi) is 7.33. The quantitative estimate of drug-likeness (QED) is 0.424. The van der Waals surface area contributed by atoms with Gasteiger partial charge in [-0.1, -0.05) is 6.58 Å². The Hall–Kier alpha value is -3.61. The van der Waals surface area contributed by atoms with Crippen LogP contribution in [0.3, 0.4) is 0 Å². The predicted octanol–water partition coefficient (Wildman–Crippen LogP) is 3.49. The average molecular weight is 383 g/mol. The first-order valence-electron chi connectivity index (χ1n) is 8.52. The fourth-order valence-corrected chi connectivity index (χ4v) is 2.19. The summed E-state index contributed by atoms with van der Waals surface area (Å²) in [6.45, 7) is 5.21. The number of rotatable bonds is 8. The van der Waals surface area contributed by atoms with Crippen molar-refractivity contribution >= 4 is 29.3 Å². The number of carbonyl (C=O) groups excluding carboxylic acids is 3. The van der Waals surface area contributed by atoms with E-state index in [1.807, 2.05) is 0 Å². The summed E-state index contributed by atoms with van der Waals surface area (Å²) in [5, 5.41) is 3.15. The maximum absolute atomic E-state index is 12.0. The van der Waals surface area contributed by atoms with Gasteiger partial charge >= 0.3 is 17.9 Å². The van der Waals surface area contributed by atoms with Crippen molar-refractivity contribution in [2.75, 3.05) is 25.6 Å². The zero-order chi connectivity index (χ0) is 20.5. The lowest BCUT2D eigenvalue weighted by Gasteiger charge is -2.09. The number of hydrogen-bond donors (Lipinski definition) is 1. The fourth-order valence-electron chi connectivity index (χ4n) is 2.19. The molecule has 0 aromatic heterocycles. The van der Waals surface area contributed by atoms with Gasteiger partial charge in [0, 0.05) is 11.4 Å². The molecule has 2 aromatic rings. The summed E-state index contributed by atoms with van der Waals surface area (Å²) >= 11 is 0. The van der Waals surface area contributed by atoms with Gasteiger partial charge < -0.3 is 19.5 Å². The molecule has 0 amide bonds. The summed E-state index contributed by atoms with van der Waals surface area (Å²) in [5.41, 5.74) is 2.38. The first-order chi connectivity index (χ1) is 13.4. The molecular formula is C21H21NO6. The lowest BCUT2D eigenvalue weighted by Crippen LogP contribution is -2.14. The van der Waals surface area contributed by atoms with Crippen LogP contribution < -0.4 is 5.32 Å². The third-order valence-corrected chi connectivity index (χ3v) is 3.66. The summed E-state index contributed by atoms with van der Waals surface area (Å²) in [6.07, 6.45) is 0. The SMILES string of the molecule is C=C(COC(=O)c1ccc(Nc2ccc(C(=O)OC)cc2)cc1)C(=O)OCC. The topological polar surface area (TPSA) is 90.9 Å². The Balaban J connectivity index is 1.92. The van der Waals surface area contributed by atoms with E-state index in [0.29, 0.717) is 11.1 Å². The molecule has 2 aromatic carbocycles. The van der Waals surface area contributed by atoms with Crippen molar-refractivity contribution in [1.29, 1.82) is 0 Å². The van der Waals surface area contributed by atoms with Crippen LogP contribution in [-0.2, 0) is 19.0 Å². The van der Waals surface area contributed by atoms with Crippen molar-refractivity contribution in [2.45, 2.75) is 6.92 Å². The van der Waals surface area contributed by atoms with Crippen molar-refractivity contribution in [2.24, 2.45) is 0 Å². The summed E-state index contributed by atoms with van der Waals surface area (Å²) in [7, 11) is 1.33. The number of methoxy groups -OCH3 is 1. The third kappa shape index (κ3) is 5.70. The van der Waals surface area contributed by atoms with E-state index in [0.717, 1.165) is 11.4 Å². The van der Waals surface area contributed by atoms with Crippen LogP contribution in [0.15, 0.2) is 60.7 Å². The van der Waals surface area contributed by atoms with Crippen LogP contribution in [0, 0.1) is 0 Å². The summed E-state index contributed by atoms with van der Waals surface area (Å²) < 4.78 is 14.5.